The number of nitrogen functional groups attached to an aromatic ring is 1. The Labute approximate surface area is 118 Å². The molecule has 0 atom stereocenters. The summed E-state index contributed by atoms with van der Waals surface area (Å²) in [5.41, 5.74) is 6.92. The number of benzene rings is 1. The molecule has 3 N–H and O–H groups in total. The summed E-state index contributed by atoms with van der Waals surface area (Å²) in [6.45, 7) is 1.51. The van der Waals surface area contributed by atoms with E-state index < -0.39 is 5.60 Å². The molecule has 1 aliphatic heterocycles. The van der Waals surface area contributed by atoms with E-state index >= 15 is 0 Å². The Bertz CT molecular complexity index is 577. The summed E-state index contributed by atoms with van der Waals surface area (Å²) in [6.07, 6.45) is 3.13. The number of hydrogen-bond acceptors (Lipinski definition) is 4. The second kappa shape index (κ2) is 5.13. The number of hydrogen-bond donors (Lipinski definition) is 2. The lowest BCUT2D eigenvalue weighted by atomic mass is 9.84. The first-order chi connectivity index (χ1) is 9.69. The number of piperidine rings is 1. The minimum Gasteiger partial charge on any atom is -0.396 e. The van der Waals surface area contributed by atoms with Crippen molar-refractivity contribution in [3.8, 4) is 0 Å². The van der Waals surface area contributed by atoms with Crippen LogP contribution in [0.1, 0.15) is 18.4 Å². The fourth-order valence-electron chi connectivity index (χ4n) is 2.80. The summed E-state index contributed by atoms with van der Waals surface area (Å²) in [6, 6.07) is 13.6. The maximum atomic E-state index is 10.8. The van der Waals surface area contributed by atoms with Gasteiger partial charge in [-0.2, -0.15) is 0 Å². The second-order valence-electron chi connectivity index (χ2n) is 5.30. The van der Waals surface area contributed by atoms with Gasteiger partial charge in [-0.15, -0.1) is 0 Å². The molecule has 1 fully saturated rings. The first kappa shape index (κ1) is 12.9. The summed E-state index contributed by atoms with van der Waals surface area (Å²) in [5.74, 6) is 0.822. The van der Waals surface area contributed by atoms with E-state index in [0.717, 1.165) is 24.5 Å². The van der Waals surface area contributed by atoms with Gasteiger partial charge < -0.3 is 15.7 Å². The first-order valence-electron chi connectivity index (χ1n) is 6.92. The Hall–Kier alpha value is -2.07. The summed E-state index contributed by atoms with van der Waals surface area (Å²) < 4.78 is 0. The topological polar surface area (TPSA) is 62.4 Å². The number of nitrogens with two attached hydrogens (primary N) is 1. The molecule has 20 heavy (non-hydrogen) atoms. The van der Waals surface area contributed by atoms with Crippen LogP contribution >= 0.6 is 0 Å². The van der Waals surface area contributed by atoms with E-state index in [4.69, 9.17) is 5.73 Å². The van der Waals surface area contributed by atoms with Crippen molar-refractivity contribution in [2.45, 2.75) is 18.4 Å². The zero-order valence-electron chi connectivity index (χ0n) is 11.4. The highest BCUT2D eigenvalue weighted by Gasteiger charge is 2.34. The molecule has 104 valence electrons. The molecule has 0 unspecified atom stereocenters. The molecule has 0 amide bonds. The van der Waals surface area contributed by atoms with Gasteiger partial charge in [0.05, 0.1) is 11.3 Å². The van der Waals surface area contributed by atoms with Crippen LogP contribution < -0.4 is 10.6 Å². The molecule has 2 heterocycles. The Morgan fingerprint density at radius 2 is 1.75 bits per heavy atom. The van der Waals surface area contributed by atoms with Crippen LogP contribution in [0.4, 0.5) is 11.5 Å². The van der Waals surface area contributed by atoms with Gasteiger partial charge in [0.15, 0.2) is 5.82 Å². The monoisotopic (exact) mass is 269 g/mol. The molecule has 1 aromatic carbocycles. The molecule has 0 spiro atoms. The number of nitrogens with zero attached hydrogens (tertiary/aromatic N) is 2. The Morgan fingerprint density at radius 3 is 2.40 bits per heavy atom. The van der Waals surface area contributed by atoms with E-state index in [1.807, 2.05) is 42.5 Å². The van der Waals surface area contributed by atoms with Gasteiger partial charge in [-0.05, 0) is 30.5 Å². The van der Waals surface area contributed by atoms with Crippen LogP contribution in [0.3, 0.4) is 0 Å². The molecule has 3 rings (SSSR count). The van der Waals surface area contributed by atoms with Crippen LogP contribution in [0.15, 0.2) is 48.7 Å². The normalized spacial score (nSPS) is 17.9. The van der Waals surface area contributed by atoms with Crippen LogP contribution in [0.5, 0.6) is 0 Å². The van der Waals surface area contributed by atoms with Crippen molar-refractivity contribution in [1.29, 1.82) is 0 Å². The molecule has 2 aromatic rings. The molecule has 1 aliphatic rings. The quantitative estimate of drug-likeness (QED) is 0.877. The fourth-order valence-corrected chi connectivity index (χ4v) is 2.80. The van der Waals surface area contributed by atoms with E-state index in [1.165, 1.54) is 0 Å². The maximum Gasteiger partial charge on any atom is 0.151 e. The maximum absolute atomic E-state index is 10.8. The van der Waals surface area contributed by atoms with E-state index in [0.29, 0.717) is 18.5 Å². The largest absolute Gasteiger partial charge is 0.396 e. The average Bonchev–Trinajstić information content (AvgIpc) is 2.50. The number of pyridine rings is 1. The highest BCUT2D eigenvalue weighted by Crippen LogP contribution is 2.34. The predicted octanol–water partition coefficient (Wildman–Crippen LogP) is 2.15. The van der Waals surface area contributed by atoms with Gasteiger partial charge in [0.25, 0.3) is 0 Å². The molecule has 0 aliphatic carbocycles. The van der Waals surface area contributed by atoms with Gasteiger partial charge in [0.1, 0.15) is 0 Å². The van der Waals surface area contributed by atoms with Gasteiger partial charge in [-0.25, -0.2) is 4.98 Å². The number of anilines is 2. The van der Waals surface area contributed by atoms with Crippen molar-refractivity contribution in [1.82, 2.24) is 4.98 Å². The van der Waals surface area contributed by atoms with Crippen LogP contribution in [0.2, 0.25) is 0 Å². The van der Waals surface area contributed by atoms with Crippen molar-refractivity contribution in [3.05, 3.63) is 54.2 Å². The van der Waals surface area contributed by atoms with Crippen molar-refractivity contribution < 1.29 is 5.11 Å². The number of aliphatic hydroxyl groups is 1. The summed E-state index contributed by atoms with van der Waals surface area (Å²) in [4.78, 5) is 6.49. The zero-order valence-corrected chi connectivity index (χ0v) is 11.4. The minimum absolute atomic E-state index is 0.688. The third kappa shape index (κ3) is 2.34. The lowest BCUT2D eigenvalue weighted by Gasteiger charge is -2.39. The lowest BCUT2D eigenvalue weighted by molar-refractivity contribution is 0.0117. The third-order valence-corrected chi connectivity index (χ3v) is 4.02. The summed E-state index contributed by atoms with van der Waals surface area (Å²) in [7, 11) is 0. The second-order valence-corrected chi connectivity index (χ2v) is 5.30. The zero-order chi connectivity index (χ0) is 14.0. The lowest BCUT2D eigenvalue weighted by Crippen LogP contribution is -2.43. The molecular formula is C16H19N3O. The molecule has 0 saturated carbocycles. The molecular weight excluding hydrogens is 250 g/mol. The van der Waals surface area contributed by atoms with Crippen LogP contribution in [-0.4, -0.2) is 23.2 Å². The molecule has 4 heteroatoms. The fraction of sp³-hybridized carbons (Fsp3) is 0.312. The van der Waals surface area contributed by atoms with Crippen molar-refractivity contribution in [2.24, 2.45) is 0 Å². The van der Waals surface area contributed by atoms with E-state index in [1.54, 1.807) is 6.20 Å². The minimum atomic E-state index is -0.735. The predicted molar refractivity (Wildman–Crippen MR) is 80.4 cm³/mol. The number of rotatable bonds is 2. The Balaban J connectivity index is 1.76. The number of aromatic nitrogens is 1. The van der Waals surface area contributed by atoms with Crippen molar-refractivity contribution in [2.75, 3.05) is 23.7 Å². The van der Waals surface area contributed by atoms with Crippen LogP contribution in [0.25, 0.3) is 0 Å². The van der Waals surface area contributed by atoms with E-state index in [-0.39, 0.29) is 0 Å². The highest BCUT2D eigenvalue weighted by atomic mass is 16.3. The smallest absolute Gasteiger partial charge is 0.151 e. The molecule has 0 radical (unpaired) electrons. The van der Waals surface area contributed by atoms with E-state index in [9.17, 15) is 5.11 Å². The van der Waals surface area contributed by atoms with Crippen LogP contribution in [0, 0.1) is 0 Å². The SMILES string of the molecule is Nc1cccnc1N1CCC(O)(c2ccccc2)CC1. The molecule has 1 aromatic heterocycles. The molecule has 1 saturated heterocycles. The summed E-state index contributed by atoms with van der Waals surface area (Å²) in [5, 5.41) is 10.8. The van der Waals surface area contributed by atoms with Gasteiger partial charge in [0, 0.05) is 19.3 Å². The van der Waals surface area contributed by atoms with Crippen molar-refractivity contribution >= 4 is 11.5 Å². The molecule has 4 nitrogen and oxygen atoms in total. The third-order valence-electron chi connectivity index (χ3n) is 4.02. The van der Waals surface area contributed by atoms with E-state index in [2.05, 4.69) is 9.88 Å². The van der Waals surface area contributed by atoms with Gasteiger partial charge in [-0.1, -0.05) is 30.3 Å². The van der Waals surface area contributed by atoms with Gasteiger partial charge in [-0.3, -0.25) is 0 Å². The first-order valence-corrected chi connectivity index (χ1v) is 6.92. The Morgan fingerprint density at radius 1 is 1.05 bits per heavy atom. The summed E-state index contributed by atoms with van der Waals surface area (Å²) >= 11 is 0. The molecule has 0 bridgehead atoms. The van der Waals surface area contributed by atoms with Gasteiger partial charge in [0.2, 0.25) is 0 Å². The Kier molecular flexibility index (Phi) is 3.32. The van der Waals surface area contributed by atoms with Crippen molar-refractivity contribution in [3.63, 3.8) is 0 Å². The standard InChI is InChI=1S/C16H19N3O/c17-14-7-4-10-18-15(14)19-11-8-16(20,9-12-19)13-5-2-1-3-6-13/h1-7,10,20H,8-9,11-12,17H2. The van der Waals surface area contributed by atoms with Gasteiger partial charge >= 0.3 is 0 Å². The highest BCUT2D eigenvalue weighted by molar-refractivity contribution is 5.62. The van der Waals surface area contributed by atoms with Crippen LogP contribution in [-0.2, 0) is 5.60 Å². The average molecular weight is 269 g/mol.